The van der Waals surface area contributed by atoms with Gasteiger partial charge in [0.1, 0.15) is 11.3 Å². The van der Waals surface area contributed by atoms with Crippen LogP contribution in [0.25, 0.3) is 11.0 Å². The van der Waals surface area contributed by atoms with Crippen molar-refractivity contribution in [1.29, 1.82) is 5.41 Å². The van der Waals surface area contributed by atoms with Gasteiger partial charge < -0.3 is 9.73 Å². The first-order chi connectivity index (χ1) is 10.2. The molecule has 2 N–H and O–H groups in total. The average Bonchev–Trinajstić information content (AvgIpc) is 2.88. The Morgan fingerprint density at radius 1 is 1.05 bits per heavy atom. The summed E-state index contributed by atoms with van der Waals surface area (Å²) in [7, 11) is 0. The highest BCUT2D eigenvalue weighted by Crippen LogP contribution is 2.24. The van der Waals surface area contributed by atoms with E-state index < -0.39 is 0 Å². The highest BCUT2D eigenvalue weighted by Gasteiger charge is 2.05. The van der Waals surface area contributed by atoms with E-state index in [1.807, 2.05) is 24.3 Å². The third-order valence-corrected chi connectivity index (χ3v) is 3.40. The van der Waals surface area contributed by atoms with Gasteiger partial charge in [-0.1, -0.05) is 30.3 Å². The predicted octanol–water partition coefficient (Wildman–Crippen LogP) is 4.63. The molecule has 0 aliphatic rings. The molecule has 0 unspecified atom stereocenters. The molecule has 21 heavy (non-hydrogen) atoms. The highest BCUT2D eigenvalue weighted by atomic mass is 16.3. The van der Waals surface area contributed by atoms with Crippen LogP contribution >= 0.6 is 0 Å². The maximum Gasteiger partial charge on any atom is 0.134 e. The quantitative estimate of drug-likeness (QED) is 0.540. The molecule has 1 heterocycles. The number of rotatable bonds is 4. The number of furan rings is 1. The minimum atomic E-state index is 0.433. The van der Waals surface area contributed by atoms with Crippen molar-refractivity contribution in [2.75, 3.05) is 5.32 Å². The molecule has 3 aromatic rings. The first-order valence-electron chi connectivity index (χ1n) is 7.09. The number of benzene rings is 2. The lowest BCUT2D eigenvalue weighted by Gasteiger charge is -2.02. The summed E-state index contributed by atoms with van der Waals surface area (Å²) >= 11 is 0. The van der Waals surface area contributed by atoms with Crippen molar-refractivity contribution in [3.63, 3.8) is 0 Å². The smallest absolute Gasteiger partial charge is 0.134 e. The minimum absolute atomic E-state index is 0.433. The zero-order valence-electron chi connectivity index (χ0n) is 12.0. The molecule has 0 radical (unpaired) electrons. The van der Waals surface area contributed by atoms with Crippen LogP contribution in [0.2, 0.25) is 0 Å². The lowest BCUT2D eigenvalue weighted by molar-refractivity contribution is 0.547. The van der Waals surface area contributed by atoms with Gasteiger partial charge in [-0.15, -0.1) is 0 Å². The van der Waals surface area contributed by atoms with Crippen LogP contribution in [0, 0.1) is 5.41 Å². The van der Waals surface area contributed by atoms with Crippen LogP contribution in [0.4, 0.5) is 5.69 Å². The molecule has 3 nitrogen and oxygen atoms in total. The van der Waals surface area contributed by atoms with Crippen molar-refractivity contribution in [3.8, 4) is 0 Å². The zero-order valence-corrected chi connectivity index (χ0v) is 12.0. The molecule has 106 valence electrons. The minimum Gasteiger partial charge on any atom is -0.461 e. The van der Waals surface area contributed by atoms with Gasteiger partial charge in [0.2, 0.25) is 0 Å². The molecule has 0 bridgehead atoms. The maximum absolute atomic E-state index is 7.47. The van der Waals surface area contributed by atoms with Gasteiger partial charge in [-0.25, -0.2) is 0 Å². The molecule has 0 saturated carbocycles. The van der Waals surface area contributed by atoms with Crippen LogP contribution in [0.15, 0.2) is 59.0 Å². The number of hydrogen-bond donors (Lipinski definition) is 2. The van der Waals surface area contributed by atoms with E-state index in [9.17, 15) is 0 Å². The van der Waals surface area contributed by atoms with Gasteiger partial charge in [-0.05, 0) is 43.2 Å². The van der Waals surface area contributed by atoms with E-state index in [1.165, 1.54) is 5.56 Å². The third kappa shape index (κ3) is 3.31. The van der Waals surface area contributed by atoms with E-state index in [2.05, 4.69) is 35.6 Å². The molecule has 0 aliphatic carbocycles. The van der Waals surface area contributed by atoms with E-state index in [-0.39, 0.29) is 0 Å². The Bertz CT molecular complexity index is 759. The highest BCUT2D eigenvalue weighted by molar-refractivity contribution is 5.93. The number of anilines is 1. The Labute approximate surface area is 124 Å². The molecule has 0 amide bonds. The molecule has 0 spiro atoms. The molecule has 0 saturated heterocycles. The van der Waals surface area contributed by atoms with E-state index >= 15 is 0 Å². The second-order valence-corrected chi connectivity index (χ2v) is 5.20. The van der Waals surface area contributed by atoms with E-state index in [0.29, 0.717) is 5.84 Å². The molecule has 2 aromatic carbocycles. The standard InChI is InChI=1S/C18H18N2O/c1-13(19)20-16-8-10-18-15(11-16)12-17(21-18)9-7-14-5-3-2-4-6-14/h2-6,8,10-12H,7,9H2,1H3,(H2,19,20). The number of fused-ring (bicyclic) bond motifs is 1. The molecule has 1 aromatic heterocycles. The molecule has 0 fully saturated rings. The van der Waals surface area contributed by atoms with Crippen molar-refractivity contribution in [2.24, 2.45) is 0 Å². The first-order valence-corrected chi connectivity index (χ1v) is 7.09. The summed E-state index contributed by atoms with van der Waals surface area (Å²) in [6, 6.07) is 18.4. The summed E-state index contributed by atoms with van der Waals surface area (Å²) < 4.78 is 5.87. The van der Waals surface area contributed by atoms with Crippen LogP contribution in [-0.2, 0) is 12.8 Å². The Morgan fingerprint density at radius 2 is 1.86 bits per heavy atom. The Hall–Kier alpha value is -2.55. The van der Waals surface area contributed by atoms with Crippen LogP contribution < -0.4 is 5.32 Å². The topological polar surface area (TPSA) is 49.0 Å². The van der Waals surface area contributed by atoms with Crippen molar-refractivity contribution in [2.45, 2.75) is 19.8 Å². The predicted molar refractivity (Wildman–Crippen MR) is 87.1 cm³/mol. The van der Waals surface area contributed by atoms with Crippen LogP contribution in [0.3, 0.4) is 0 Å². The second-order valence-electron chi connectivity index (χ2n) is 5.20. The van der Waals surface area contributed by atoms with Gasteiger partial charge in [-0.2, -0.15) is 0 Å². The maximum atomic E-state index is 7.47. The average molecular weight is 278 g/mol. The largest absolute Gasteiger partial charge is 0.461 e. The SMILES string of the molecule is CC(=N)Nc1ccc2oc(CCc3ccccc3)cc2c1. The monoisotopic (exact) mass is 278 g/mol. The van der Waals surface area contributed by atoms with Gasteiger partial charge >= 0.3 is 0 Å². The number of aryl methyl sites for hydroxylation is 2. The van der Waals surface area contributed by atoms with Gasteiger partial charge in [0.15, 0.2) is 0 Å². The third-order valence-electron chi connectivity index (χ3n) is 3.40. The number of hydrogen-bond acceptors (Lipinski definition) is 2. The summed E-state index contributed by atoms with van der Waals surface area (Å²) in [6.07, 6.45) is 1.87. The Balaban J connectivity index is 1.76. The fourth-order valence-corrected chi connectivity index (χ4v) is 2.43. The lowest BCUT2D eigenvalue weighted by atomic mass is 10.1. The van der Waals surface area contributed by atoms with Crippen LogP contribution in [0.1, 0.15) is 18.2 Å². The van der Waals surface area contributed by atoms with E-state index in [4.69, 9.17) is 9.83 Å². The normalized spacial score (nSPS) is 10.7. The van der Waals surface area contributed by atoms with Crippen molar-refractivity contribution >= 4 is 22.5 Å². The number of amidine groups is 1. The van der Waals surface area contributed by atoms with Crippen molar-refractivity contribution in [3.05, 3.63) is 65.9 Å². The Kier molecular flexibility index (Phi) is 3.73. The molecule has 3 rings (SSSR count). The van der Waals surface area contributed by atoms with Crippen LogP contribution in [-0.4, -0.2) is 5.84 Å². The summed E-state index contributed by atoms with van der Waals surface area (Å²) in [4.78, 5) is 0. The van der Waals surface area contributed by atoms with Gasteiger partial charge in [0, 0.05) is 17.5 Å². The molecule has 0 aliphatic heterocycles. The fraction of sp³-hybridized carbons (Fsp3) is 0.167. The van der Waals surface area contributed by atoms with Crippen LogP contribution in [0.5, 0.6) is 0 Å². The molecular weight excluding hydrogens is 260 g/mol. The van der Waals surface area contributed by atoms with Gasteiger partial charge in [0.25, 0.3) is 0 Å². The summed E-state index contributed by atoms with van der Waals surface area (Å²) in [5.41, 5.74) is 3.14. The summed E-state index contributed by atoms with van der Waals surface area (Å²) in [5, 5.41) is 11.6. The lowest BCUT2D eigenvalue weighted by Crippen LogP contribution is -2.04. The summed E-state index contributed by atoms with van der Waals surface area (Å²) in [6.45, 7) is 1.73. The zero-order chi connectivity index (χ0) is 14.7. The second kappa shape index (κ2) is 5.83. The molecule has 3 heteroatoms. The van der Waals surface area contributed by atoms with Crippen molar-refractivity contribution < 1.29 is 4.42 Å². The van der Waals surface area contributed by atoms with E-state index in [0.717, 1.165) is 35.3 Å². The van der Waals surface area contributed by atoms with Gasteiger partial charge in [0.05, 0.1) is 5.84 Å². The summed E-state index contributed by atoms with van der Waals surface area (Å²) in [5.74, 6) is 1.43. The first kappa shape index (κ1) is 13.4. The van der Waals surface area contributed by atoms with Crippen molar-refractivity contribution in [1.82, 2.24) is 0 Å². The number of nitrogens with one attached hydrogen (secondary N) is 2. The fourth-order valence-electron chi connectivity index (χ4n) is 2.43. The van der Waals surface area contributed by atoms with E-state index in [1.54, 1.807) is 6.92 Å². The molecular formula is C18H18N2O. The Morgan fingerprint density at radius 3 is 2.62 bits per heavy atom. The van der Waals surface area contributed by atoms with Gasteiger partial charge in [-0.3, -0.25) is 5.41 Å². The molecule has 0 atom stereocenters.